The molecule has 0 unspecified atom stereocenters. The summed E-state index contributed by atoms with van der Waals surface area (Å²) in [4.78, 5) is 32.6. The Morgan fingerprint density at radius 1 is 1.31 bits per heavy atom. The zero-order valence-corrected chi connectivity index (χ0v) is 18.4. The third-order valence-corrected chi connectivity index (χ3v) is 5.99. The Kier molecular flexibility index (Phi) is 6.97. The van der Waals surface area contributed by atoms with E-state index in [1.54, 1.807) is 31.2 Å². The second kappa shape index (κ2) is 9.28. The van der Waals surface area contributed by atoms with Crippen LogP contribution >= 0.6 is 46.1 Å². The Labute approximate surface area is 185 Å². The van der Waals surface area contributed by atoms with Crippen LogP contribution in [0.3, 0.4) is 0 Å². The standard InChI is InChI=1S/C19H15Cl3N2O4S/c1-9-14-17(25)23-16(13(22)7-10-3-4-11(20)8-12(10)21)24-18(14)29-15(9)19(26)28-6-5-27-2/h3-4,7-8H,5-6H2,1-2H3,(H,23,24,25)/b13-7-. The first-order chi connectivity index (χ1) is 13.8. The van der Waals surface area contributed by atoms with Crippen LogP contribution < -0.4 is 5.56 Å². The van der Waals surface area contributed by atoms with Crippen LogP contribution in [-0.4, -0.2) is 36.3 Å². The van der Waals surface area contributed by atoms with E-state index in [4.69, 9.17) is 44.3 Å². The molecular formula is C19H15Cl3N2O4S. The van der Waals surface area contributed by atoms with E-state index in [0.717, 1.165) is 11.3 Å². The summed E-state index contributed by atoms with van der Waals surface area (Å²) in [6.45, 7) is 2.08. The lowest BCUT2D eigenvalue weighted by molar-refractivity contribution is 0.0393. The van der Waals surface area contributed by atoms with Crippen molar-refractivity contribution in [2.75, 3.05) is 20.3 Å². The molecule has 10 heteroatoms. The number of benzene rings is 1. The molecule has 2 aromatic heterocycles. The SMILES string of the molecule is COCCOC(=O)c1sc2nc(/C(Cl)=C/c3ccc(Cl)cc3Cl)[nH]c(=O)c2c1C. The molecule has 152 valence electrons. The van der Waals surface area contributed by atoms with Crippen molar-refractivity contribution >= 4 is 73.4 Å². The summed E-state index contributed by atoms with van der Waals surface area (Å²) in [7, 11) is 1.51. The first-order valence-electron chi connectivity index (χ1n) is 8.34. The van der Waals surface area contributed by atoms with Gasteiger partial charge < -0.3 is 14.5 Å². The smallest absolute Gasteiger partial charge is 0.348 e. The average Bonchev–Trinajstić information content (AvgIpc) is 3.01. The zero-order chi connectivity index (χ0) is 21.1. The van der Waals surface area contributed by atoms with Crippen LogP contribution in [0.1, 0.15) is 26.6 Å². The third-order valence-electron chi connectivity index (χ3n) is 3.98. The van der Waals surface area contributed by atoms with Gasteiger partial charge in [0.2, 0.25) is 0 Å². The van der Waals surface area contributed by atoms with Crippen LogP contribution in [0.5, 0.6) is 0 Å². The van der Waals surface area contributed by atoms with Crippen molar-refractivity contribution in [2.24, 2.45) is 0 Å². The van der Waals surface area contributed by atoms with Gasteiger partial charge in [-0.15, -0.1) is 11.3 Å². The highest BCUT2D eigenvalue weighted by Gasteiger charge is 2.21. The molecule has 1 aromatic carbocycles. The van der Waals surface area contributed by atoms with Crippen LogP contribution in [0.25, 0.3) is 21.3 Å². The summed E-state index contributed by atoms with van der Waals surface area (Å²) < 4.78 is 10.0. The molecule has 0 saturated carbocycles. The van der Waals surface area contributed by atoms with Crippen LogP contribution in [0.15, 0.2) is 23.0 Å². The van der Waals surface area contributed by atoms with Crippen molar-refractivity contribution in [2.45, 2.75) is 6.92 Å². The van der Waals surface area contributed by atoms with E-state index in [0.29, 0.717) is 36.3 Å². The molecular weight excluding hydrogens is 459 g/mol. The second-order valence-corrected chi connectivity index (χ2v) is 8.19. The number of rotatable bonds is 6. The maximum Gasteiger partial charge on any atom is 0.348 e. The number of carbonyl (C=O) groups is 1. The minimum Gasteiger partial charge on any atom is -0.459 e. The number of aromatic amines is 1. The number of methoxy groups -OCH3 is 1. The average molecular weight is 474 g/mol. The van der Waals surface area contributed by atoms with Crippen LogP contribution in [0, 0.1) is 6.92 Å². The Hall–Kier alpha value is -1.90. The first-order valence-corrected chi connectivity index (χ1v) is 10.3. The molecule has 0 atom stereocenters. The number of nitrogens with one attached hydrogen (secondary N) is 1. The van der Waals surface area contributed by atoms with Crippen molar-refractivity contribution in [1.82, 2.24) is 9.97 Å². The van der Waals surface area contributed by atoms with Crippen molar-refractivity contribution in [3.05, 3.63) is 60.4 Å². The summed E-state index contributed by atoms with van der Waals surface area (Å²) in [6, 6.07) is 4.96. The van der Waals surface area contributed by atoms with Crippen molar-refractivity contribution in [1.29, 1.82) is 0 Å². The van der Waals surface area contributed by atoms with Gasteiger partial charge in [0.15, 0.2) is 5.82 Å². The fourth-order valence-corrected chi connectivity index (χ4v) is 4.30. The molecule has 3 aromatic rings. The lowest BCUT2D eigenvalue weighted by Crippen LogP contribution is -2.11. The van der Waals surface area contributed by atoms with Gasteiger partial charge >= 0.3 is 5.97 Å². The highest BCUT2D eigenvalue weighted by Crippen LogP contribution is 2.30. The van der Waals surface area contributed by atoms with Crippen molar-refractivity contribution < 1.29 is 14.3 Å². The number of fused-ring (bicyclic) bond motifs is 1. The molecule has 0 radical (unpaired) electrons. The number of halogens is 3. The predicted molar refractivity (Wildman–Crippen MR) is 117 cm³/mol. The van der Waals surface area contributed by atoms with E-state index in [1.165, 1.54) is 7.11 Å². The highest BCUT2D eigenvalue weighted by molar-refractivity contribution is 7.20. The summed E-state index contributed by atoms with van der Waals surface area (Å²) >= 11 is 19.5. The molecule has 0 amide bonds. The quantitative estimate of drug-likeness (QED) is 0.396. The van der Waals surface area contributed by atoms with E-state index in [9.17, 15) is 9.59 Å². The van der Waals surface area contributed by atoms with Gasteiger partial charge in [-0.2, -0.15) is 0 Å². The molecule has 0 aliphatic carbocycles. The van der Waals surface area contributed by atoms with E-state index in [1.807, 2.05) is 0 Å². The number of H-pyrrole nitrogens is 1. The fourth-order valence-electron chi connectivity index (χ4n) is 2.56. The number of esters is 1. The Bertz CT molecular complexity index is 1170. The normalized spacial score (nSPS) is 11.8. The number of aromatic nitrogens is 2. The number of thiophene rings is 1. The van der Waals surface area contributed by atoms with Gasteiger partial charge in [0.05, 0.1) is 17.0 Å². The molecule has 3 rings (SSSR count). The Morgan fingerprint density at radius 3 is 2.76 bits per heavy atom. The van der Waals surface area contributed by atoms with E-state index >= 15 is 0 Å². The van der Waals surface area contributed by atoms with Gasteiger partial charge in [0.25, 0.3) is 5.56 Å². The minimum absolute atomic E-state index is 0.120. The topological polar surface area (TPSA) is 81.3 Å². The molecule has 29 heavy (non-hydrogen) atoms. The molecule has 0 saturated heterocycles. The van der Waals surface area contributed by atoms with E-state index in [-0.39, 0.29) is 24.1 Å². The fraction of sp³-hybridized carbons (Fsp3) is 0.211. The molecule has 6 nitrogen and oxygen atoms in total. The molecule has 0 aliphatic heterocycles. The maximum absolute atomic E-state index is 12.6. The number of aryl methyl sites for hydroxylation is 1. The molecule has 0 spiro atoms. The largest absolute Gasteiger partial charge is 0.459 e. The first kappa shape index (κ1) is 21.8. The van der Waals surface area contributed by atoms with Crippen LogP contribution in [0.2, 0.25) is 10.0 Å². The summed E-state index contributed by atoms with van der Waals surface area (Å²) in [5.74, 6) is -0.367. The lowest BCUT2D eigenvalue weighted by atomic mass is 10.2. The minimum atomic E-state index is -0.530. The third kappa shape index (κ3) is 4.82. The van der Waals surface area contributed by atoms with Crippen molar-refractivity contribution in [3.63, 3.8) is 0 Å². The number of ether oxygens (including phenoxy) is 2. The lowest BCUT2D eigenvalue weighted by Gasteiger charge is -2.02. The molecule has 2 heterocycles. The van der Waals surface area contributed by atoms with Crippen LogP contribution in [0.4, 0.5) is 0 Å². The number of hydrogen-bond acceptors (Lipinski definition) is 6. The maximum atomic E-state index is 12.6. The highest BCUT2D eigenvalue weighted by atomic mass is 35.5. The Balaban J connectivity index is 2.00. The van der Waals surface area contributed by atoms with Gasteiger partial charge in [0.1, 0.15) is 16.3 Å². The number of hydrogen-bond donors (Lipinski definition) is 1. The number of nitrogens with zero attached hydrogens (tertiary/aromatic N) is 1. The number of carbonyl (C=O) groups excluding carboxylic acids is 1. The van der Waals surface area contributed by atoms with Gasteiger partial charge in [-0.1, -0.05) is 40.9 Å². The van der Waals surface area contributed by atoms with E-state index in [2.05, 4.69) is 9.97 Å². The molecule has 0 aliphatic rings. The summed E-state index contributed by atoms with van der Waals surface area (Å²) in [5.41, 5.74) is 0.727. The zero-order valence-electron chi connectivity index (χ0n) is 15.3. The second-order valence-electron chi connectivity index (χ2n) is 5.94. The van der Waals surface area contributed by atoms with Gasteiger partial charge in [-0.25, -0.2) is 9.78 Å². The Morgan fingerprint density at radius 2 is 2.07 bits per heavy atom. The van der Waals surface area contributed by atoms with Gasteiger partial charge in [-0.3, -0.25) is 4.79 Å². The van der Waals surface area contributed by atoms with Crippen LogP contribution in [-0.2, 0) is 9.47 Å². The molecule has 1 N–H and O–H groups in total. The molecule has 0 bridgehead atoms. The summed E-state index contributed by atoms with van der Waals surface area (Å²) in [6.07, 6.45) is 1.57. The van der Waals surface area contributed by atoms with E-state index < -0.39 is 11.5 Å². The van der Waals surface area contributed by atoms with Gasteiger partial charge in [-0.05, 0) is 36.3 Å². The predicted octanol–water partition coefficient (Wildman–Crippen LogP) is 5.14. The monoisotopic (exact) mass is 472 g/mol. The van der Waals surface area contributed by atoms with Gasteiger partial charge in [0, 0.05) is 17.2 Å². The summed E-state index contributed by atoms with van der Waals surface area (Å²) in [5, 5.41) is 1.41. The van der Waals surface area contributed by atoms with Crippen molar-refractivity contribution in [3.8, 4) is 0 Å². The molecule has 0 fully saturated rings.